The standard InChI is InChI=1S/C22H18Cl2N4O4S/c1-28(20(29)19-17(24)16(23)13(9-25)26-19)22-27-18-14(32-10-11-5-3-2-4-6-11)7-12(21(30)31)8-15(18)33-22/h2-8,26H,9-10,25H2,1H3,(H,30,31). The van der Waals surface area contributed by atoms with Crippen LogP contribution in [0.1, 0.15) is 32.1 Å². The molecule has 4 rings (SSSR count). The summed E-state index contributed by atoms with van der Waals surface area (Å²) in [5.74, 6) is -1.25. The first-order valence-electron chi connectivity index (χ1n) is 9.68. The third-order valence-electron chi connectivity index (χ3n) is 4.90. The first-order valence-corrected chi connectivity index (χ1v) is 11.3. The topological polar surface area (TPSA) is 122 Å². The van der Waals surface area contributed by atoms with Gasteiger partial charge in [-0.1, -0.05) is 64.9 Å². The molecule has 4 N–H and O–H groups in total. The van der Waals surface area contributed by atoms with Crippen LogP contribution in [0.2, 0.25) is 10.0 Å². The van der Waals surface area contributed by atoms with Gasteiger partial charge < -0.3 is 20.6 Å². The molecule has 0 fully saturated rings. The SMILES string of the molecule is CN(C(=O)c1[nH]c(CN)c(Cl)c1Cl)c1nc2c(OCc3ccccc3)cc(C(=O)O)cc2s1. The van der Waals surface area contributed by atoms with Gasteiger partial charge in [-0.25, -0.2) is 9.78 Å². The van der Waals surface area contributed by atoms with Crippen LogP contribution < -0.4 is 15.4 Å². The highest BCUT2D eigenvalue weighted by Crippen LogP contribution is 2.37. The highest BCUT2D eigenvalue weighted by molar-refractivity contribution is 7.22. The van der Waals surface area contributed by atoms with Gasteiger partial charge >= 0.3 is 5.97 Å². The zero-order valence-electron chi connectivity index (χ0n) is 17.3. The Kier molecular flexibility index (Phi) is 6.57. The summed E-state index contributed by atoms with van der Waals surface area (Å²) in [6, 6.07) is 12.4. The Balaban J connectivity index is 1.70. The summed E-state index contributed by atoms with van der Waals surface area (Å²) in [7, 11) is 1.54. The predicted molar refractivity (Wildman–Crippen MR) is 129 cm³/mol. The number of carbonyl (C=O) groups excluding carboxylic acids is 1. The van der Waals surface area contributed by atoms with Crippen LogP contribution in [0.5, 0.6) is 5.75 Å². The fourth-order valence-electron chi connectivity index (χ4n) is 3.14. The number of benzene rings is 2. The molecule has 0 atom stereocenters. The zero-order valence-corrected chi connectivity index (χ0v) is 19.6. The Labute approximate surface area is 202 Å². The van der Waals surface area contributed by atoms with Crippen LogP contribution in [0.3, 0.4) is 0 Å². The molecule has 0 saturated carbocycles. The summed E-state index contributed by atoms with van der Waals surface area (Å²) in [6.07, 6.45) is 0. The quantitative estimate of drug-likeness (QED) is 0.327. The Hall–Kier alpha value is -3.11. The van der Waals surface area contributed by atoms with Crippen molar-refractivity contribution in [3.63, 3.8) is 0 Å². The number of thiazole rings is 1. The average Bonchev–Trinajstić information content (AvgIpc) is 3.38. The summed E-state index contributed by atoms with van der Waals surface area (Å²) >= 11 is 13.5. The molecule has 0 unspecified atom stereocenters. The fraction of sp³-hybridized carbons (Fsp3) is 0.136. The number of ether oxygens (including phenoxy) is 1. The molecule has 2 aromatic carbocycles. The van der Waals surface area contributed by atoms with Crippen molar-refractivity contribution >= 4 is 61.8 Å². The largest absolute Gasteiger partial charge is 0.487 e. The van der Waals surface area contributed by atoms with E-state index in [9.17, 15) is 14.7 Å². The smallest absolute Gasteiger partial charge is 0.335 e. The van der Waals surface area contributed by atoms with Gasteiger partial charge in [0, 0.05) is 19.3 Å². The van der Waals surface area contributed by atoms with Crippen molar-refractivity contribution in [2.45, 2.75) is 13.2 Å². The van der Waals surface area contributed by atoms with Gasteiger partial charge in [-0.05, 0) is 17.7 Å². The number of aromatic amines is 1. The molecule has 4 aromatic rings. The molecular formula is C22H18Cl2N4O4S. The van der Waals surface area contributed by atoms with Crippen LogP contribution in [0.15, 0.2) is 42.5 Å². The van der Waals surface area contributed by atoms with Gasteiger partial charge in [0.25, 0.3) is 5.91 Å². The number of hydrogen-bond donors (Lipinski definition) is 3. The number of carbonyl (C=O) groups is 2. The Morgan fingerprint density at radius 3 is 2.58 bits per heavy atom. The second-order valence-electron chi connectivity index (χ2n) is 7.07. The fourth-order valence-corrected chi connectivity index (χ4v) is 4.59. The van der Waals surface area contributed by atoms with Crippen molar-refractivity contribution in [2.75, 3.05) is 11.9 Å². The van der Waals surface area contributed by atoms with Crippen LogP contribution in [-0.2, 0) is 13.2 Å². The van der Waals surface area contributed by atoms with Crippen molar-refractivity contribution < 1.29 is 19.4 Å². The Bertz CT molecular complexity index is 1350. The highest BCUT2D eigenvalue weighted by atomic mass is 35.5. The first kappa shape index (κ1) is 23.1. The molecule has 2 aromatic heterocycles. The number of aromatic nitrogens is 2. The summed E-state index contributed by atoms with van der Waals surface area (Å²) in [4.78, 5) is 33.4. The average molecular weight is 505 g/mol. The molecule has 0 spiro atoms. The summed E-state index contributed by atoms with van der Waals surface area (Å²) in [5, 5.41) is 10.1. The minimum Gasteiger partial charge on any atom is -0.487 e. The number of aromatic carboxylic acids is 1. The molecule has 0 radical (unpaired) electrons. The van der Waals surface area contributed by atoms with E-state index in [-0.39, 0.29) is 34.5 Å². The summed E-state index contributed by atoms with van der Waals surface area (Å²) < 4.78 is 6.47. The van der Waals surface area contributed by atoms with Crippen molar-refractivity contribution in [1.29, 1.82) is 0 Å². The number of hydrogen-bond acceptors (Lipinski definition) is 6. The number of H-pyrrole nitrogens is 1. The first-order chi connectivity index (χ1) is 15.8. The molecule has 0 aliphatic heterocycles. The lowest BCUT2D eigenvalue weighted by molar-refractivity contribution is 0.0696. The molecule has 0 saturated heterocycles. The van der Waals surface area contributed by atoms with E-state index in [4.69, 9.17) is 33.7 Å². The van der Waals surface area contributed by atoms with Crippen molar-refractivity contribution in [3.05, 3.63) is 75.0 Å². The molecule has 0 bridgehead atoms. The van der Waals surface area contributed by atoms with Crippen LogP contribution in [-0.4, -0.2) is 34.0 Å². The Morgan fingerprint density at radius 2 is 1.94 bits per heavy atom. The predicted octanol–water partition coefficient (Wildman–Crippen LogP) is 4.94. The van der Waals surface area contributed by atoms with Crippen LogP contribution in [0, 0.1) is 0 Å². The van der Waals surface area contributed by atoms with Gasteiger partial charge in [0.15, 0.2) is 5.13 Å². The van der Waals surface area contributed by atoms with Gasteiger partial charge in [-0.15, -0.1) is 0 Å². The Morgan fingerprint density at radius 1 is 1.21 bits per heavy atom. The van der Waals surface area contributed by atoms with Gasteiger partial charge in [0.1, 0.15) is 23.6 Å². The number of rotatable bonds is 7. The lowest BCUT2D eigenvalue weighted by Crippen LogP contribution is -2.26. The number of nitrogens with zero attached hydrogens (tertiary/aromatic N) is 2. The number of amides is 1. The van der Waals surface area contributed by atoms with E-state index in [2.05, 4.69) is 9.97 Å². The van der Waals surface area contributed by atoms with E-state index in [0.717, 1.165) is 16.9 Å². The molecule has 11 heteroatoms. The van der Waals surface area contributed by atoms with E-state index < -0.39 is 11.9 Å². The third kappa shape index (κ3) is 4.53. The number of nitrogens with two attached hydrogens (primary N) is 1. The molecule has 8 nitrogen and oxygen atoms in total. The second kappa shape index (κ2) is 9.40. The molecule has 0 aliphatic rings. The minimum absolute atomic E-state index is 0.0570. The number of nitrogens with one attached hydrogen (secondary N) is 1. The van der Waals surface area contributed by atoms with Crippen LogP contribution in [0.4, 0.5) is 5.13 Å². The summed E-state index contributed by atoms with van der Waals surface area (Å²) in [5.41, 5.74) is 7.60. The lowest BCUT2D eigenvalue weighted by atomic mass is 10.2. The van der Waals surface area contributed by atoms with Crippen molar-refractivity contribution in [1.82, 2.24) is 9.97 Å². The number of anilines is 1. The number of halogens is 2. The maximum atomic E-state index is 13.0. The molecule has 1 amide bonds. The van der Waals surface area contributed by atoms with Crippen molar-refractivity contribution in [2.24, 2.45) is 5.73 Å². The summed E-state index contributed by atoms with van der Waals surface area (Å²) in [6.45, 7) is 0.329. The number of carboxylic acids is 1. The highest BCUT2D eigenvalue weighted by Gasteiger charge is 2.25. The zero-order chi connectivity index (χ0) is 23.7. The molecule has 2 heterocycles. The monoisotopic (exact) mass is 504 g/mol. The number of fused-ring (bicyclic) bond motifs is 1. The van der Waals surface area contributed by atoms with Gasteiger partial charge in [0.2, 0.25) is 0 Å². The van der Waals surface area contributed by atoms with E-state index in [1.165, 1.54) is 24.1 Å². The van der Waals surface area contributed by atoms with Gasteiger partial charge in [-0.2, -0.15) is 0 Å². The van der Waals surface area contributed by atoms with Crippen molar-refractivity contribution in [3.8, 4) is 5.75 Å². The third-order valence-corrected chi connectivity index (χ3v) is 6.87. The van der Waals surface area contributed by atoms with E-state index in [0.29, 0.717) is 26.8 Å². The maximum absolute atomic E-state index is 13.0. The number of carboxylic acid groups (broad SMARTS) is 1. The van der Waals surface area contributed by atoms with Crippen LogP contribution >= 0.6 is 34.5 Å². The van der Waals surface area contributed by atoms with E-state index in [1.54, 1.807) is 0 Å². The van der Waals surface area contributed by atoms with E-state index >= 15 is 0 Å². The maximum Gasteiger partial charge on any atom is 0.335 e. The van der Waals surface area contributed by atoms with Crippen LogP contribution in [0.25, 0.3) is 10.2 Å². The lowest BCUT2D eigenvalue weighted by Gasteiger charge is -2.12. The normalized spacial score (nSPS) is 11.0. The van der Waals surface area contributed by atoms with E-state index in [1.807, 2.05) is 30.3 Å². The second-order valence-corrected chi connectivity index (χ2v) is 8.84. The molecule has 170 valence electrons. The minimum atomic E-state index is -1.09. The van der Waals surface area contributed by atoms with Gasteiger partial charge in [-0.3, -0.25) is 9.69 Å². The molecule has 0 aliphatic carbocycles. The van der Waals surface area contributed by atoms with Gasteiger partial charge in [0.05, 0.1) is 20.3 Å². The molecule has 33 heavy (non-hydrogen) atoms. The molecular weight excluding hydrogens is 487 g/mol.